The monoisotopic (exact) mass is 1200 g/mol. The first-order chi connectivity index (χ1) is 37.0. The van der Waals surface area contributed by atoms with Gasteiger partial charge in [0, 0.05) is 102 Å². The van der Waals surface area contributed by atoms with Gasteiger partial charge in [-0.2, -0.15) is 0 Å². The topological polar surface area (TPSA) is 210 Å². The lowest BCUT2D eigenvalue weighted by Gasteiger charge is -2.35. The summed E-state index contributed by atoms with van der Waals surface area (Å²) in [6, 6.07) is -1.93. The number of carbonyl (C=O) groups is 8. The summed E-state index contributed by atoms with van der Waals surface area (Å²) in [6.07, 6.45) is 5.47. The molecule has 0 bridgehead atoms. The van der Waals surface area contributed by atoms with Crippen LogP contribution in [0.15, 0.2) is 25.3 Å². The maximum Gasteiger partial charge on any atom is 0.241 e. The van der Waals surface area contributed by atoms with Gasteiger partial charge < -0.3 is 28.7 Å². The van der Waals surface area contributed by atoms with Gasteiger partial charge in [-0.1, -0.05) is 119 Å². The Bertz CT molecular complexity index is 2250. The number of methoxy groups -OCH3 is 4. The van der Waals surface area contributed by atoms with E-state index in [9.17, 15) is 38.4 Å². The molecule has 4 heterocycles. The summed E-state index contributed by atoms with van der Waals surface area (Å²) in [7, 11) is 16.6. The van der Waals surface area contributed by atoms with Gasteiger partial charge in [0.15, 0.2) is 17.3 Å². The lowest BCUT2D eigenvalue weighted by Crippen LogP contribution is -2.54. The number of nitrogens with zero attached hydrogens (tertiary/aromatic N) is 4. The summed E-state index contributed by atoms with van der Waals surface area (Å²) < 4.78 is 25.6. The average Bonchev–Trinajstić information content (AvgIpc) is 4.08. The van der Waals surface area contributed by atoms with Gasteiger partial charge >= 0.3 is 0 Å². The van der Waals surface area contributed by atoms with Gasteiger partial charge in [0.05, 0.1) is 60.7 Å². The molecule has 4 aliphatic heterocycles. The Balaban J connectivity index is 0.000000291. The summed E-state index contributed by atoms with van der Waals surface area (Å²) in [4.78, 5) is 103. The van der Waals surface area contributed by atoms with E-state index >= 15 is 0 Å². The van der Waals surface area contributed by atoms with Crippen molar-refractivity contribution in [2.24, 2.45) is 57.2 Å². The lowest BCUT2D eigenvalue weighted by atomic mass is 9.84. The summed E-state index contributed by atoms with van der Waals surface area (Å²) in [5, 5.41) is 6.03. The average molecular weight is 1200 g/mol. The maximum atomic E-state index is 13.4. The molecule has 456 valence electrons. The zero-order valence-electron chi connectivity index (χ0n) is 51.5. The van der Waals surface area contributed by atoms with Crippen molar-refractivity contribution in [2.45, 2.75) is 183 Å². The number of hydrogen-bond donors (Lipinski definition) is 2. The second-order valence-electron chi connectivity index (χ2n) is 25.6. The van der Waals surface area contributed by atoms with Gasteiger partial charge in [-0.3, -0.25) is 57.9 Å². The molecule has 8 unspecified atom stereocenters. The molecule has 22 heteroatoms. The minimum absolute atomic E-state index is 0.0138. The summed E-state index contributed by atoms with van der Waals surface area (Å²) in [5.74, 6) is 0.849. The number of carbonyl (C=O) groups excluding carboxylic acids is 8. The molecule has 0 aromatic heterocycles. The van der Waals surface area contributed by atoms with Crippen LogP contribution in [0.2, 0.25) is 0 Å². The molecule has 18 nitrogen and oxygen atoms in total. The molecule has 0 aromatic rings. The van der Waals surface area contributed by atoms with E-state index in [1.807, 2.05) is 77.7 Å². The smallest absolute Gasteiger partial charge is 0.241 e. The molecule has 22 atom stereocenters. The van der Waals surface area contributed by atoms with Crippen LogP contribution in [0, 0.1) is 57.2 Å². The number of amides is 2. The van der Waals surface area contributed by atoms with E-state index in [1.54, 1.807) is 72.0 Å². The van der Waals surface area contributed by atoms with Crippen molar-refractivity contribution in [3.63, 3.8) is 0 Å². The van der Waals surface area contributed by atoms with Crippen LogP contribution < -0.4 is 10.2 Å². The first-order valence-electron chi connectivity index (χ1n) is 28.0. The Morgan fingerprint density at radius 1 is 0.525 bits per heavy atom. The zero-order chi connectivity index (χ0) is 61.5. The Morgan fingerprint density at radius 3 is 1.07 bits per heavy atom. The Hall–Kier alpha value is -2.16. The van der Waals surface area contributed by atoms with Crippen LogP contribution >= 0.6 is 37.6 Å². The highest BCUT2D eigenvalue weighted by Gasteiger charge is 2.60. The van der Waals surface area contributed by atoms with Crippen molar-refractivity contribution in [1.82, 2.24) is 29.3 Å². The first-order valence-corrected chi connectivity index (χ1v) is 30.2. The van der Waals surface area contributed by atoms with Crippen LogP contribution in [0.5, 0.6) is 0 Å². The van der Waals surface area contributed by atoms with Crippen LogP contribution in [0.1, 0.15) is 123 Å². The molecule has 2 saturated carbocycles. The molecule has 6 fully saturated rings. The van der Waals surface area contributed by atoms with Gasteiger partial charge in [0.25, 0.3) is 0 Å². The van der Waals surface area contributed by atoms with Crippen molar-refractivity contribution in [3.8, 4) is 0 Å². The summed E-state index contributed by atoms with van der Waals surface area (Å²) in [5.41, 5.74) is -1.66. The zero-order valence-corrected chi connectivity index (χ0v) is 56.1. The normalized spacial score (nSPS) is 34.6. The minimum Gasteiger partial charge on any atom is -0.380 e. The third-order valence-corrected chi connectivity index (χ3v) is 20.0. The third kappa shape index (κ3) is 16.2. The quantitative estimate of drug-likeness (QED) is 0.103. The largest absolute Gasteiger partial charge is 0.380 e. The van der Waals surface area contributed by atoms with Crippen LogP contribution in [-0.2, 0) is 57.3 Å². The summed E-state index contributed by atoms with van der Waals surface area (Å²) in [6.45, 7) is 36.3. The molecule has 0 aromatic carbocycles. The fourth-order valence-corrected chi connectivity index (χ4v) is 15.6. The van der Waals surface area contributed by atoms with Crippen LogP contribution in [-0.4, -0.2) is 181 Å². The lowest BCUT2D eigenvalue weighted by molar-refractivity contribution is -0.142. The SMILES string of the molecule is C=C[C@@H]1C[C@]1(CC(=O)[C@@H]1C(C)[C@@H](OC)CN1C(=O)[C@@H](NP)C(C)(C)C)C(C)=O.C=C[C@@H]1C[C@]1(CC(=O)[C@@H]1C(C)[C@@H](OC)CN1P)C(C)=O.CO[C@H]1CN(C(=O)[C@@H](NP)C(C)(C)C)[C@H](C(C)=O)C1C.CO[C@H]1CN(P)[C@H](C(C)=O)C1C. The fourth-order valence-electron chi connectivity index (χ4n) is 13.0. The van der Waals surface area contributed by atoms with Crippen molar-refractivity contribution in [1.29, 1.82) is 0 Å². The van der Waals surface area contributed by atoms with E-state index in [1.165, 1.54) is 0 Å². The second kappa shape index (κ2) is 29.8. The molecule has 2 N–H and O–H groups in total. The number of likely N-dealkylation sites (tertiary alicyclic amines) is 2. The Morgan fingerprint density at radius 2 is 0.812 bits per heavy atom. The molecule has 0 radical (unpaired) electrons. The molecule has 4 saturated heterocycles. The maximum absolute atomic E-state index is 13.4. The second-order valence-corrected chi connectivity index (χ2v) is 27.6. The van der Waals surface area contributed by atoms with Crippen molar-refractivity contribution >= 4 is 84.1 Å². The van der Waals surface area contributed by atoms with Crippen molar-refractivity contribution < 1.29 is 57.3 Å². The van der Waals surface area contributed by atoms with E-state index < -0.39 is 29.0 Å². The molecule has 0 spiro atoms. The van der Waals surface area contributed by atoms with Gasteiger partial charge in [-0.15, -0.1) is 13.2 Å². The van der Waals surface area contributed by atoms with E-state index in [2.05, 4.69) is 67.8 Å². The predicted molar refractivity (Wildman–Crippen MR) is 327 cm³/mol. The Labute approximate surface area is 489 Å². The Kier molecular flexibility index (Phi) is 26.8. The van der Waals surface area contributed by atoms with Crippen LogP contribution in [0.3, 0.4) is 0 Å². The van der Waals surface area contributed by atoms with Gasteiger partial charge in [0.1, 0.15) is 17.3 Å². The summed E-state index contributed by atoms with van der Waals surface area (Å²) >= 11 is 0. The molecule has 2 amide bonds. The fraction of sp³-hybridized carbons (Fsp3) is 0.793. The van der Waals surface area contributed by atoms with Crippen molar-refractivity contribution in [3.05, 3.63) is 25.3 Å². The first kappa shape index (κ1) is 72.1. The van der Waals surface area contributed by atoms with Gasteiger partial charge in [-0.25, -0.2) is 0 Å². The molecular weight excluding hydrogens is 1100 g/mol. The van der Waals surface area contributed by atoms with Gasteiger partial charge in [-0.05, 0) is 63.2 Å². The molecule has 80 heavy (non-hydrogen) atoms. The van der Waals surface area contributed by atoms with Crippen LogP contribution in [0.4, 0.5) is 0 Å². The standard InChI is InChI=1S/C21H35N2O4P.C15H24NO3P.C14H27N2O3P.C8H16NO2P/c1-8-14-9-21(14,13(3)24)10-15(25)17-12(2)16(27-7)11-23(17)19(26)18(22-28)20(4,5)6;1-5-11-6-15(11,10(3)17)7-12(18)14-9(2)13(19-4)8-16(14)20;1-8-10(19-6)7-16(11(8)9(2)17)13(18)12(15-20)14(3,4)5;1-5-7(11-3)4-9(12)8(5)6(2)10/h8,12,14,16-18,22H,1,9-11,28H2,2-7H3;5,9,11,13-14H,1,6-8,20H2,2-4H3;8,10-12,15H,7,20H2,1-6H3;5,7-8H,4,12H2,1-3H3/t12?,14-,16+,17+,18-,21+;9?,11-,13+,14+,15+;8?,10-,11-,12+;5?,7-,8-/m1100/s1. The number of hydrogen-bond acceptors (Lipinski definition) is 16. The number of ketones is 6. The third-order valence-electron chi connectivity index (χ3n) is 18.3. The molecule has 6 aliphatic rings. The van der Waals surface area contributed by atoms with Crippen LogP contribution in [0.25, 0.3) is 0 Å². The number of allylic oxidation sites excluding steroid dienone is 2. The molecule has 6 rings (SSSR count). The van der Waals surface area contributed by atoms with E-state index in [0.29, 0.717) is 31.8 Å². The molecule has 2 aliphatic carbocycles. The number of Topliss-reactive ketones (excluding diaryl/α,β-unsaturated/α-hetero) is 6. The van der Waals surface area contributed by atoms with E-state index in [4.69, 9.17) is 18.9 Å². The number of ether oxygens (including phenoxy) is 4. The number of rotatable bonds is 20. The van der Waals surface area contributed by atoms with E-state index in [0.717, 1.165) is 19.5 Å². The van der Waals surface area contributed by atoms with Crippen molar-refractivity contribution in [2.75, 3.05) is 54.6 Å². The number of nitrogens with one attached hydrogen (secondary N) is 2. The predicted octanol–water partition coefficient (Wildman–Crippen LogP) is 6.17. The highest BCUT2D eigenvalue weighted by atomic mass is 31.0. The molecular formula is C58H102N6O12P4. The minimum atomic E-state index is -0.638. The van der Waals surface area contributed by atoms with Gasteiger partial charge in [0.2, 0.25) is 11.8 Å². The highest BCUT2D eigenvalue weighted by molar-refractivity contribution is 7.14. The highest BCUT2D eigenvalue weighted by Crippen LogP contribution is 2.58. The van der Waals surface area contributed by atoms with E-state index in [-0.39, 0.29) is 136 Å².